The summed E-state index contributed by atoms with van der Waals surface area (Å²) in [5.74, 6) is 0. The van der Waals surface area contributed by atoms with Gasteiger partial charge in [0.15, 0.2) is 0 Å². The Kier molecular flexibility index (Phi) is 4.45. The largest absolute Gasteiger partial charge is 0.347 e. The zero-order valence-electron chi connectivity index (χ0n) is 13.2. The molecule has 1 aromatic carbocycles. The first-order valence-electron chi connectivity index (χ1n) is 7.53. The third-order valence-corrected chi connectivity index (χ3v) is 4.92. The van der Waals surface area contributed by atoms with Gasteiger partial charge in [-0.3, -0.25) is 10.1 Å². The number of rotatable bonds is 6. The van der Waals surface area contributed by atoms with Crippen molar-refractivity contribution in [2.45, 2.75) is 13.0 Å². The summed E-state index contributed by atoms with van der Waals surface area (Å²) in [5.41, 5.74) is 2.24. The molecule has 120 valence electrons. The third kappa shape index (κ3) is 3.43. The summed E-state index contributed by atoms with van der Waals surface area (Å²) in [7, 11) is 4.17. The van der Waals surface area contributed by atoms with Gasteiger partial charge in [0.25, 0.3) is 0 Å². The fourth-order valence-electron chi connectivity index (χ4n) is 2.69. The van der Waals surface area contributed by atoms with Crippen LogP contribution in [-0.2, 0) is 6.54 Å². The molecular weight excluding hydrogens is 310 g/mol. The van der Waals surface area contributed by atoms with E-state index < -0.39 is 0 Å². The molecule has 0 saturated carbocycles. The number of hydrogen-bond donors (Lipinski definition) is 0. The Morgan fingerprint density at radius 2 is 2.04 bits per heavy atom. The van der Waals surface area contributed by atoms with Crippen LogP contribution in [0.25, 0.3) is 21.3 Å². The van der Waals surface area contributed by atoms with Crippen molar-refractivity contribution in [3.8, 4) is 10.4 Å². The highest BCUT2D eigenvalue weighted by Gasteiger charge is 2.12. The summed E-state index contributed by atoms with van der Waals surface area (Å²) < 4.78 is 2.26. The average Bonchev–Trinajstić information content (AvgIpc) is 3.13. The van der Waals surface area contributed by atoms with Crippen LogP contribution < -0.4 is 0 Å². The second-order valence-corrected chi connectivity index (χ2v) is 6.90. The van der Waals surface area contributed by atoms with Crippen molar-refractivity contribution in [3.63, 3.8) is 0 Å². The molecule has 0 atom stereocenters. The van der Waals surface area contributed by atoms with Gasteiger partial charge in [0, 0.05) is 34.6 Å². The normalized spacial score (nSPS) is 11.4. The smallest absolute Gasteiger partial charge is 0.324 e. The van der Waals surface area contributed by atoms with E-state index in [9.17, 15) is 10.1 Å². The highest BCUT2D eigenvalue weighted by atomic mass is 32.1. The highest BCUT2D eigenvalue weighted by Crippen LogP contribution is 2.34. The van der Waals surface area contributed by atoms with E-state index >= 15 is 0 Å². The first-order chi connectivity index (χ1) is 11.0. The molecule has 0 aliphatic carbocycles. The zero-order valence-corrected chi connectivity index (χ0v) is 14.0. The molecule has 0 aliphatic rings. The molecule has 0 N–H and O–H groups in total. The Bertz CT molecular complexity index is 835. The second kappa shape index (κ2) is 6.52. The molecule has 0 radical (unpaired) electrons. The van der Waals surface area contributed by atoms with Gasteiger partial charge >= 0.3 is 5.00 Å². The summed E-state index contributed by atoms with van der Waals surface area (Å²) in [6.07, 6.45) is 3.22. The van der Waals surface area contributed by atoms with Crippen LogP contribution in [0.1, 0.15) is 6.42 Å². The first-order valence-corrected chi connectivity index (χ1v) is 8.34. The molecular formula is C17H19N3O2S. The number of nitro groups is 1. The predicted octanol–water partition coefficient (Wildman–Crippen LogP) is 4.23. The highest BCUT2D eigenvalue weighted by molar-refractivity contribution is 7.18. The maximum atomic E-state index is 10.8. The van der Waals surface area contributed by atoms with E-state index in [0.29, 0.717) is 0 Å². The number of nitrogens with zero attached hydrogens (tertiary/aromatic N) is 3. The molecule has 0 bridgehead atoms. The van der Waals surface area contributed by atoms with Crippen molar-refractivity contribution in [2.24, 2.45) is 0 Å². The lowest BCUT2D eigenvalue weighted by Crippen LogP contribution is -2.14. The van der Waals surface area contributed by atoms with E-state index in [0.717, 1.165) is 30.0 Å². The minimum absolute atomic E-state index is 0.182. The Morgan fingerprint density at radius 1 is 1.22 bits per heavy atom. The molecule has 23 heavy (non-hydrogen) atoms. The van der Waals surface area contributed by atoms with Gasteiger partial charge in [0.2, 0.25) is 0 Å². The van der Waals surface area contributed by atoms with Crippen LogP contribution in [0.2, 0.25) is 0 Å². The average molecular weight is 329 g/mol. The van der Waals surface area contributed by atoms with Crippen molar-refractivity contribution in [2.75, 3.05) is 20.6 Å². The molecule has 0 unspecified atom stereocenters. The van der Waals surface area contributed by atoms with E-state index in [1.807, 2.05) is 12.1 Å². The minimum Gasteiger partial charge on any atom is -0.347 e. The molecule has 3 aromatic rings. The van der Waals surface area contributed by atoms with E-state index in [1.165, 1.54) is 22.2 Å². The Hall–Kier alpha value is -2.18. The summed E-state index contributed by atoms with van der Waals surface area (Å²) in [5, 5.41) is 12.2. The lowest BCUT2D eigenvalue weighted by Gasteiger charge is -2.10. The van der Waals surface area contributed by atoms with Gasteiger partial charge in [0.05, 0.1) is 4.92 Å². The summed E-state index contributed by atoms with van der Waals surface area (Å²) in [6.45, 7) is 2.06. The molecule has 0 spiro atoms. The number of aryl methyl sites for hydroxylation is 1. The van der Waals surface area contributed by atoms with Crippen molar-refractivity contribution in [3.05, 3.63) is 52.7 Å². The van der Waals surface area contributed by atoms with Gasteiger partial charge in [-0.2, -0.15) is 0 Å². The molecule has 6 heteroatoms. The number of aromatic nitrogens is 1. The lowest BCUT2D eigenvalue weighted by atomic mass is 10.1. The van der Waals surface area contributed by atoms with Crippen molar-refractivity contribution in [1.29, 1.82) is 0 Å². The molecule has 0 fully saturated rings. The first kappa shape index (κ1) is 15.7. The van der Waals surface area contributed by atoms with Gasteiger partial charge < -0.3 is 9.47 Å². The Labute approximate surface area is 138 Å². The maximum Gasteiger partial charge on any atom is 0.324 e. The number of thiophene rings is 1. The van der Waals surface area contributed by atoms with Gasteiger partial charge in [-0.15, -0.1) is 0 Å². The van der Waals surface area contributed by atoms with Gasteiger partial charge in [-0.1, -0.05) is 17.4 Å². The Balaban J connectivity index is 1.83. The van der Waals surface area contributed by atoms with Crippen LogP contribution in [0.3, 0.4) is 0 Å². The molecule has 2 aromatic heterocycles. The lowest BCUT2D eigenvalue weighted by molar-refractivity contribution is -0.380. The fourth-order valence-corrected chi connectivity index (χ4v) is 3.50. The van der Waals surface area contributed by atoms with Crippen LogP contribution >= 0.6 is 11.3 Å². The van der Waals surface area contributed by atoms with Crippen molar-refractivity contribution in [1.82, 2.24) is 9.47 Å². The van der Waals surface area contributed by atoms with E-state index in [2.05, 4.69) is 48.0 Å². The van der Waals surface area contributed by atoms with Crippen LogP contribution in [0.15, 0.2) is 42.6 Å². The second-order valence-electron chi connectivity index (χ2n) is 5.83. The van der Waals surface area contributed by atoms with E-state index in [1.54, 1.807) is 6.07 Å². The maximum absolute atomic E-state index is 10.8. The third-order valence-electron chi connectivity index (χ3n) is 3.83. The molecule has 0 aliphatic heterocycles. The van der Waals surface area contributed by atoms with Gasteiger partial charge in [0.1, 0.15) is 0 Å². The SMILES string of the molecule is CN(C)CCCn1ccc2cc(-c3ccc([N+](=O)[O-])s3)ccc21. The van der Waals surface area contributed by atoms with E-state index in [4.69, 9.17) is 0 Å². The van der Waals surface area contributed by atoms with Gasteiger partial charge in [-0.05, 0) is 56.9 Å². The molecule has 2 heterocycles. The van der Waals surface area contributed by atoms with E-state index in [-0.39, 0.29) is 9.92 Å². The van der Waals surface area contributed by atoms with Crippen molar-refractivity contribution < 1.29 is 4.92 Å². The fraction of sp³-hybridized carbons (Fsp3) is 0.294. The number of fused-ring (bicyclic) bond motifs is 1. The van der Waals surface area contributed by atoms with Crippen LogP contribution in [0, 0.1) is 10.1 Å². The van der Waals surface area contributed by atoms with Crippen LogP contribution in [-0.4, -0.2) is 35.0 Å². The quantitative estimate of drug-likeness (QED) is 0.502. The molecule has 0 amide bonds. The van der Waals surface area contributed by atoms with Gasteiger partial charge in [-0.25, -0.2) is 0 Å². The molecule has 0 saturated heterocycles. The zero-order chi connectivity index (χ0) is 16.4. The minimum atomic E-state index is -0.339. The Morgan fingerprint density at radius 3 is 2.74 bits per heavy atom. The van der Waals surface area contributed by atoms with Crippen molar-refractivity contribution >= 4 is 27.2 Å². The standard InChI is InChI=1S/C17H19N3O2S/c1-18(2)9-3-10-19-11-8-13-12-14(4-5-15(13)19)16-6-7-17(23-16)20(21)22/h4-8,11-12H,3,9-10H2,1-2H3. The van der Waals surface area contributed by atoms with Crippen LogP contribution in [0.5, 0.6) is 0 Å². The predicted molar refractivity (Wildman–Crippen MR) is 95.1 cm³/mol. The van der Waals surface area contributed by atoms with Crippen LogP contribution in [0.4, 0.5) is 5.00 Å². The topological polar surface area (TPSA) is 51.3 Å². The number of benzene rings is 1. The summed E-state index contributed by atoms with van der Waals surface area (Å²) >= 11 is 1.22. The summed E-state index contributed by atoms with van der Waals surface area (Å²) in [6, 6.07) is 11.7. The summed E-state index contributed by atoms with van der Waals surface area (Å²) in [4.78, 5) is 13.6. The molecule has 5 nitrogen and oxygen atoms in total. The monoisotopic (exact) mass is 329 g/mol. The number of hydrogen-bond acceptors (Lipinski definition) is 4. The molecule has 3 rings (SSSR count).